The van der Waals surface area contributed by atoms with Crippen molar-refractivity contribution in [1.82, 2.24) is 5.06 Å². The third-order valence-electron chi connectivity index (χ3n) is 2.85. The third kappa shape index (κ3) is 2.65. The minimum Gasteiger partial charge on any atom is -0.389 e. The van der Waals surface area contributed by atoms with E-state index in [-0.39, 0.29) is 19.1 Å². The maximum absolute atomic E-state index is 12.0. The van der Waals surface area contributed by atoms with Crippen LogP contribution in [0.1, 0.15) is 35.7 Å². The predicted octanol–water partition coefficient (Wildman–Crippen LogP) is 1.56. The van der Waals surface area contributed by atoms with Crippen LogP contribution < -0.4 is 0 Å². The van der Waals surface area contributed by atoms with Crippen molar-refractivity contribution in [2.75, 3.05) is 13.2 Å². The van der Waals surface area contributed by atoms with Gasteiger partial charge < -0.3 is 5.11 Å². The first kappa shape index (κ1) is 12.1. The Kier molecular flexibility index (Phi) is 3.45. The SMILES string of the molecule is CC(C)c1ccc(C(=O)N2CC(O)CO2)cc1. The van der Waals surface area contributed by atoms with E-state index in [9.17, 15) is 9.90 Å². The van der Waals surface area contributed by atoms with Gasteiger partial charge in [0.2, 0.25) is 0 Å². The molecule has 0 bridgehead atoms. The standard InChI is InChI=1S/C13H17NO3/c1-9(2)10-3-5-11(6-4-10)13(16)14-7-12(15)8-17-14/h3-6,9,12,15H,7-8H2,1-2H3. The fraction of sp³-hybridized carbons (Fsp3) is 0.462. The van der Waals surface area contributed by atoms with Crippen molar-refractivity contribution in [3.8, 4) is 0 Å². The number of carbonyl (C=O) groups is 1. The summed E-state index contributed by atoms with van der Waals surface area (Å²) in [6.07, 6.45) is -0.575. The lowest BCUT2D eigenvalue weighted by Gasteiger charge is -2.14. The second-order valence-electron chi connectivity index (χ2n) is 4.59. The first-order valence-corrected chi connectivity index (χ1v) is 5.80. The van der Waals surface area contributed by atoms with Gasteiger partial charge in [-0.1, -0.05) is 26.0 Å². The number of nitrogens with zero attached hydrogens (tertiary/aromatic N) is 1. The molecular formula is C13H17NO3. The summed E-state index contributed by atoms with van der Waals surface area (Å²) in [5.41, 5.74) is 1.78. The van der Waals surface area contributed by atoms with Gasteiger partial charge in [0.05, 0.1) is 6.54 Å². The number of hydrogen-bond donors (Lipinski definition) is 1. The van der Waals surface area contributed by atoms with Crippen LogP contribution >= 0.6 is 0 Å². The Bertz CT molecular complexity index is 400. The first-order chi connectivity index (χ1) is 8.08. The smallest absolute Gasteiger partial charge is 0.277 e. The lowest BCUT2D eigenvalue weighted by molar-refractivity contribution is -0.0779. The summed E-state index contributed by atoms with van der Waals surface area (Å²) in [5.74, 6) is 0.251. The van der Waals surface area contributed by atoms with Crippen LogP contribution in [0.4, 0.5) is 0 Å². The Morgan fingerprint density at radius 1 is 1.41 bits per heavy atom. The van der Waals surface area contributed by atoms with Gasteiger partial charge in [-0.15, -0.1) is 0 Å². The zero-order valence-electron chi connectivity index (χ0n) is 10.1. The van der Waals surface area contributed by atoms with Crippen molar-refractivity contribution >= 4 is 5.91 Å². The Morgan fingerprint density at radius 2 is 2.06 bits per heavy atom. The molecule has 1 heterocycles. The van der Waals surface area contributed by atoms with Crippen LogP contribution in [0.25, 0.3) is 0 Å². The van der Waals surface area contributed by atoms with Crippen LogP contribution in [-0.2, 0) is 4.84 Å². The summed E-state index contributed by atoms with van der Waals surface area (Å²) in [5, 5.41) is 10.5. The minimum atomic E-state index is -0.575. The van der Waals surface area contributed by atoms with Crippen molar-refractivity contribution in [2.45, 2.75) is 25.9 Å². The van der Waals surface area contributed by atoms with E-state index in [0.29, 0.717) is 11.5 Å². The van der Waals surface area contributed by atoms with E-state index in [2.05, 4.69) is 13.8 Å². The summed E-state index contributed by atoms with van der Waals surface area (Å²) in [4.78, 5) is 17.1. The zero-order chi connectivity index (χ0) is 12.4. The second-order valence-corrected chi connectivity index (χ2v) is 4.59. The van der Waals surface area contributed by atoms with Crippen molar-refractivity contribution in [3.63, 3.8) is 0 Å². The average Bonchev–Trinajstić information content (AvgIpc) is 2.75. The van der Waals surface area contributed by atoms with E-state index >= 15 is 0 Å². The molecule has 1 aromatic rings. The fourth-order valence-electron chi connectivity index (χ4n) is 1.77. The van der Waals surface area contributed by atoms with Crippen LogP contribution in [0, 0.1) is 0 Å². The fourth-order valence-corrected chi connectivity index (χ4v) is 1.77. The maximum Gasteiger partial charge on any atom is 0.277 e. The van der Waals surface area contributed by atoms with Crippen LogP contribution in [0.3, 0.4) is 0 Å². The van der Waals surface area contributed by atoms with Crippen LogP contribution in [0.2, 0.25) is 0 Å². The topological polar surface area (TPSA) is 49.8 Å². The number of benzene rings is 1. The van der Waals surface area contributed by atoms with E-state index < -0.39 is 6.10 Å². The highest BCUT2D eigenvalue weighted by molar-refractivity contribution is 5.93. The summed E-state index contributed by atoms with van der Waals surface area (Å²) in [7, 11) is 0. The van der Waals surface area contributed by atoms with Crippen LogP contribution in [-0.4, -0.2) is 35.3 Å². The molecule has 4 nitrogen and oxygen atoms in total. The molecule has 1 aromatic carbocycles. The lowest BCUT2D eigenvalue weighted by atomic mass is 10.0. The van der Waals surface area contributed by atoms with Gasteiger partial charge in [0.15, 0.2) is 0 Å². The molecule has 1 fully saturated rings. The Hall–Kier alpha value is -1.39. The van der Waals surface area contributed by atoms with Crippen molar-refractivity contribution in [2.24, 2.45) is 0 Å². The molecule has 2 rings (SSSR count). The van der Waals surface area contributed by atoms with Crippen molar-refractivity contribution < 1.29 is 14.7 Å². The van der Waals surface area contributed by atoms with E-state index in [1.165, 1.54) is 10.6 Å². The summed E-state index contributed by atoms with van der Waals surface area (Å²) >= 11 is 0. The van der Waals surface area contributed by atoms with Gasteiger partial charge >= 0.3 is 0 Å². The summed E-state index contributed by atoms with van der Waals surface area (Å²) in [6, 6.07) is 7.49. The van der Waals surface area contributed by atoms with Gasteiger partial charge in [0.25, 0.3) is 5.91 Å². The monoisotopic (exact) mass is 235 g/mol. The van der Waals surface area contributed by atoms with Gasteiger partial charge in [-0.25, -0.2) is 5.06 Å². The normalized spacial score (nSPS) is 20.0. The molecule has 4 heteroatoms. The van der Waals surface area contributed by atoms with E-state index in [1.807, 2.05) is 12.1 Å². The Labute approximate surface area is 101 Å². The lowest BCUT2D eigenvalue weighted by Crippen LogP contribution is -2.28. The Balaban J connectivity index is 2.09. The molecule has 0 radical (unpaired) electrons. The van der Waals surface area contributed by atoms with Gasteiger partial charge in [-0.05, 0) is 23.6 Å². The third-order valence-corrected chi connectivity index (χ3v) is 2.85. The summed E-state index contributed by atoms with van der Waals surface area (Å²) < 4.78 is 0. The Morgan fingerprint density at radius 3 is 2.53 bits per heavy atom. The number of rotatable bonds is 2. The molecule has 17 heavy (non-hydrogen) atoms. The molecule has 0 saturated carbocycles. The molecule has 0 spiro atoms. The van der Waals surface area contributed by atoms with Gasteiger partial charge in [-0.3, -0.25) is 9.63 Å². The van der Waals surface area contributed by atoms with Gasteiger partial charge in [-0.2, -0.15) is 0 Å². The molecule has 1 saturated heterocycles. The largest absolute Gasteiger partial charge is 0.389 e. The number of aliphatic hydroxyl groups excluding tert-OH is 1. The highest BCUT2D eigenvalue weighted by Gasteiger charge is 2.26. The molecule has 92 valence electrons. The molecule has 1 N–H and O–H groups in total. The highest BCUT2D eigenvalue weighted by atomic mass is 16.7. The van der Waals surface area contributed by atoms with Crippen molar-refractivity contribution in [1.29, 1.82) is 0 Å². The van der Waals surface area contributed by atoms with Gasteiger partial charge in [0, 0.05) is 5.56 Å². The molecule has 1 unspecified atom stereocenters. The average molecular weight is 235 g/mol. The predicted molar refractivity (Wildman–Crippen MR) is 63.5 cm³/mol. The van der Waals surface area contributed by atoms with E-state index in [0.717, 1.165) is 0 Å². The molecule has 0 aromatic heterocycles. The number of β-amino-alcohol motifs (C(OH)–C–C–N with tert-alkyl or cyclic N) is 1. The number of hydrogen-bond acceptors (Lipinski definition) is 3. The number of hydroxylamine groups is 2. The number of amides is 1. The molecule has 1 atom stereocenters. The van der Waals surface area contributed by atoms with E-state index in [4.69, 9.17) is 4.84 Å². The van der Waals surface area contributed by atoms with E-state index in [1.54, 1.807) is 12.1 Å². The quantitative estimate of drug-likeness (QED) is 0.846. The summed E-state index contributed by atoms with van der Waals surface area (Å²) in [6.45, 7) is 4.65. The van der Waals surface area contributed by atoms with Gasteiger partial charge in [0.1, 0.15) is 12.7 Å². The van der Waals surface area contributed by atoms with Crippen LogP contribution in [0.15, 0.2) is 24.3 Å². The van der Waals surface area contributed by atoms with Crippen molar-refractivity contribution in [3.05, 3.63) is 35.4 Å². The molecule has 1 amide bonds. The zero-order valence-corrected chi connectivity index (χ0v) is 10.1. The minimum absolute atomic E-state index is 0.190. The second kappa shape index (κ2) is 4.85. The first-order valence-electron chi connectivity index (χ1n) is 5.80. The number of aliphatic hydroxyl groups is 1. The highest BCUT2D eigenvalue weighted by Crippen LogP contribution is 2.17. The molecule has 0 aliphatic carbocycles. The molecule has 1 aliphatic rings. The van der Waals surface area contributed by atoms with Crippen LogP contribution in [0.5, 0.6) is 0 Å². The maximum atomic E-state index is 12.0. The number of carbonyl (C=O) groups excluding carboxylic acids is 1. The molecule has 1 aliphatic heterocycles. The molecular weight excluding hydrogens is 218 g/mol.